The van der Waals surface area contributed by atoms with Gasteiger partial charge in [0.2, 0.25) is 0 Å². The third-order valence-corrected chi connectivity index (χ3v) is 3.05. The number of amidine groups is 1. The van der Waals surface area contributed by atoms with Gasteiger partial charge < -0.3 is 5.32 Å². The van der Waals surface area contributed by atoms with E-state index in [4.69, 9.17) is 0 Å². The van der Waals surface area contributed by atoms with Crippen LogP contribution in [0, 0.1) is 12.8 Å². The van der Waals surface area contributed by atoms with Crippen LogP contribution in [0.2, 0.25) is 0 Å². The van der Waals surface area contributed by atoms with E-state index < -0.39 is 0 Å². The van der Waals surface area contributed by atoms with Crippen LogP contribution in [0.5, 0.6) is 0 Å². The van der Waals surface area contributed by atoms with Crippen LogP contribution in [0.25, 0.3) is 0 Å². The van der Waals surface area contributed by atoms with Crippen LogP contribution in [-0.4, -0.2) is 18.2 Å². The smallest absolute Gasteiger partial charge is 0.175 e. The number of carbonyl (C=O) groups excluding carboxylic acids is 1. The molecule has 1 N–H and O–H groups in total. The molecule has 0 bridgehead atoms. The first kappa shape index (κ1) is 8.65. The number of Topliss-reactive ketones (excluding diaryl/α,β-unsaturated/α-hetero) is 1. The van der Waals surface area contributed by atoms with E-state index in [0.717, 1.165) is 35.6 Å². The largest absolute Gasteiger partial charge is 0.343 e. The summed E-state index contributed by atoms with van der Waals surface area (Å²) in [5.41, 5.74) is 2.85. The number of ketones is 1. The zero-order valence-corrected chi connectivity index (χ0v) is 8.58. The van der Waals surface area contributed by atoms with Gasteiger partial charge in [-0.2, -0.15) is 0 Å². The number of benzene rings is 1. The van der Waals surface area contributed by atoms with E-state index in [0.29, 0.717) is 0 Å². The molecule has 1 atom stereocenters. The molecular formula is C12H12N2O. The first-order valence-electron chi connectivity index (χ1n) is 5.22. The highest BCUT2D eigenvalue weighted by Crippen LogP contribution is 2.30. The van der Waals surface area contributed by atoms with Gasteiger partial charge in [0.25, 0.3) is 0 Å². The lowest BCUT2D eigenvalue weighted by atomic mass is 9.90. The van der Waals surface area contributed by atoms with E-state index in [9.17, 15) is 4.79 Å². The summed E-state index contributed by atoms with van der Waals surface area (Å²) < 4.78 is 0. The number of anilines is 1. The number of nitrogens with one attached hydrogen (secondary N) is 1. The van der Waals surface area contributed by atoms with Gasteiger partial charge in [-0.3, -0.25) is 9.79 Å². The molecule has 0 aromatic heterocycles. The molecule has 1 aromatic rings. The quantitative estimate of drug-likeness (QED) is 0.696. The van der Waals surface area contributed by atoms with Crippen molar-refractivity contribution >= 4 is 17.3 Å². The molecule has 0 aliphatic carbocycles. The maximum Gasteiger partial charge on any atom is 0.175 e. The Hall–Kier alpha value is -1.64. The summed E-state index contributed by atoms with van der Waals surface area (Å²) in [6.45, 7) is 2.78. The van der Waals surface area contributed by atoms with Crippen molar-refractivity contribution in [1.29, 1.82) is 0 Å². The predicted octanol–water partition coefficient (Wildman–Crippen LogP) is 2.02. The van der Waals surface area contributed by atoms with Crippen LogP contribution in [-0.2, 0) is 0 Å². The van der Waals surface area contributed by atoms with Crippen LogP contribution >= 0.6 is 0 Å². The molecular weight excluding hydrogens is 188 g/mol. The molecule has 3 nitrogen and oxygen atoms in total. The number of rotatable bonds is 0. The summed E-state index contributed by atoms with van der Waals surface area (Å²) in [6.07, 6.45) is 0.856. The van der Waals surface area contributed by atoms with Crippen molar-refractivity contribution in [3.8, 4) is 0 Å². The molecule has 76 valence electrons. The summed E-state index contributed by atoms with van der Waals surface area (Å²) in [5, 5.41) is 3.25. The van der Waals surface area contributed by atoms with Gasteiger partial charge in [0.05, 0.1) is 11.6 Å². The van der Waals surface area contributed by atoms with Gasteiger partial charge in [0.15, 0.2) is 5.78 Å². The van der Waals surface area contributed by atoms with Crippen molar-refractivity contribution in [2.24, 2.45) is 10.9 Å². The molecule has 2 heterocycles. The van der Waals surface area contributed by atoms with Crippen LogP contribution in [0.3, 0.4) is 0 Å². The predicted molar refractivity (Wildman–Crippen MR) is 59.5 cm³/mol. The highest BCUT2D eigenvalue weighted by atomic mass is 16.1. The number of aliphatic imine (C=N–C) groups is 1. The maximum atomic E-state index is 12.1. The molecule has 0 spiro atoms. The monoisotopic (exact) mass is 200 g/mol. The van der Waals surface area contributed by atoms with E-state index in [-0.39, 0.29) is 11.7 Å². The van der Waals surface area contributed by atoms with E-state index in [1.165, 1.54) is 0 Å². The highest BCUT2D eigenvalue weighted by Gasteiger charge is 2.34. The second-order valence-electron chi connectivity index (χ2n) is 4.15. The maximum absolute atomic E-state index is 12.1. The SMILES string of the molecule is Cc1ccc2c(c1)C(=O)C1CCN=C1N2. The molecule has 2 aliphatic rings. The van der Waals surface area contributed by atoms with Crippen LogP contribution in [0.4, 0.5) is 5.69 Å². The van der Waals surface area contributed by atoms with Gasteiger partial charge in [-0.1, -0.05) is 11.6 Å². The second kappa shape index (κ2) is 2.92. The number of fused-ring (bicyclic) bond motifs is 2. The highest BCUT2D eigenvalue weighted by molar-refractivity contribution is 6.23. The van der Waals surface area contributed by atoms with Crippen LogP contribution < -0.4 is 5.32 Å². The topological polar surface area (TPSA) is 41.5 Å². The van der Waals surface area contributed by atoms with Crippen LogP contribution in [0.15, 0.2) is 23.2 Å². The third kappa shape index (κ3) is 1.19. The van der Waals surface area contributed by atoms with Crippen molar-refractivity contribution in [1.82, 2.24) is 0 Å². The minimum absolute atomic E-state index is 0.0145. The fraction of sp³-hybridized carbons (Fsp3) is 0.333. The van der Waals surface area contributed by atoms with Gasteiger partial charge in [-0.15, -0.1) is 0 Å². The lowest BCUT2D eigenvalue weighted by molar-refractivity contribution is 0.0953. The Morgan fingerprint density at radius 1 is 1.47 bits per heavy atom. The Morgan fingerprint density at radius 3 is 3.20 bits per heavy atom. The van der Waals surface area contributed by atoms with Crippen molar-refractivity contribution < 1.29 is 4.79 Å². The minimum Gasteiger partial charge on any atom is -0.343 e. The first-order valence-corrected chi connectivity index (χ1v) is 5.22. The summed E-state index contributed by atoms with van der Waals surface area (Å²) in [5.74, 6) is 1.07. The van der Waals surface area contributed by atoms with Gasteiger partial charge in [-0.05, 0) is 25.5 Å². The number of carbonyl (C=O) groups is 1. The molecule has 0 fully saturated rings. The van der Waals surface area contributed by atoms with Crippen molar-refractivity contribution in [3.05, 3.63) is 29.3 Å². The van der Waals surface area contributed by atoms with Crippen molar-refractivity contribution in [2.45, 2.75) is 13.3 Å². The standard InChI is InChI=1S/C12H12N2O/c1-7-2-3-10-9(6-7)11(15)8-4-5-13-12(8)14-10/h2-3,6,8H,4-5H2,1H3,(H,13,14). The third-order valence-electron chi connectivity index (χ3n) is 3.05. The Balaban J connectivity index is 2.15. The zero-order chi connectivity index (χ0) is 10.4. The van der Waals surface area contributed by atoms with Gasteiger partial charge >= 0.3 is 0 Å². The fourth-order valence-corrected chi connectivity index (χ4v) is 2.24. The zero-order valence-electron chi connectivity index (χ0n) is 8.58. The average Bonchev–Trinajstić information content (AvgIpc) is 2.68. The Labute approximate surface area is 88.2 Å². The Morgan fingerprint density at radius 2 is 2.33 bits per heavy atom. The summed E-state index contributed by atoms with van der Waals surface area (Å²) in [7, 11) is 0. The van der Waals surface area contributed by atoms with Crippen LogP contribution in [0.1, 0.15) is 22.3 Å². The van der Waals surface area contributed by atoms with E-state index in [1.807, 2.05) is 25.1 Å². The Bertz CT molecular complexity index is 477. The first-order chi connectivity index (χ1) is 7.25. The lowest BCUT2D eigenvalue weighted by Gasteiger charge is -2.23. The number of hydrogen-bond acceptors (Lipinski definition) is 3. The summed E-state index contributed by atoms with van der Waals surface area (Å²) >= 11 is 0. The van der Waals surface area contributed by atoms with Crippen molar-refractivity contribution in [3.63, 3.8) is 0 Å². The fourth-order valence-electron chi connectivity index (χ4n) is 2.24. The molecule has 0 saturated carbocycles. The van der Waals surface area contributed by atoms with Gasteiger partial charge in [-0.25, -0.2) is 0 Å². The van der Waals surface area contributed by atoms with E-state index >= 15 is 0 Å². The van der Waals surface area contributed by atoms with Gasteiger partial charge in [0.1, 0.15) is 5.84 Å². The minimum atomic E-state index is -0.0145. The molecule has 2 aliphatic heterocycles. The Kier molecular flexibility index (Phi) is 1.69. The second-order valence-corrected chi connectivity index (χ2v) is 4.15. The molecule has 15 heavy (non-hydrogen) atoms. The number of aryl methyl sites for hydroxylation is 1. The van der Waals surface area contributed by atoms with E-state index in [2.05, 4.69) is 10.3 Å². The molecule has 3 heteroatoms. The lowest BCUT2D eigenvalue weighted by Crippen LogP contribution is -2.32. The molecule has 0 radical (unpaired) electrons. The number of hydrogen-bond donors (Lipinski definition) is 1. The summed E-state index contributed by atoms with van der Waals surface area (Å²) in [6, 6.07) is 5.92. The molecule has 1 aromatic carbocycles. The molecule has 3 rings (SSSR count). The van der Waals surface area contributed by atoms with Gasteiger partial charge in [0, 0.05) is 12.1 Å². The normalized spacial score (nSPS) is 22.9. The molecule has 0 amide bonds. The van der Waals surface area contributed by atoms with E-state index in [1.54, 1.807) is 0 Å². The average molecular weight is 200 g/mol. The van der Waals surface area contributed by atoms with Crippen molar-refractivity contribution in [2.75, 3.05) is 11.9 Å². The molecule has 1 unspecified atom stereocenters. The molecule has 0 saturated heterocycles. The summed E-state index contributed by atoms with van der Waals surface area (Å²) in [4.78, 5) is 16.4. The number of nitrogens with zero attached hydrogens (tertiary/aromatic N) is 1.